The molecule has 0 amide bonds. The van der Waals surface area contributed by atoms with Crippen LogP contribution in [-0.2, 0) is 4.74 Å². The van der Waals surface area contributed by atoms with Crippen molar-refractivity contribution < 1.29 is 14.3 Å². The van der Waals surface area contributed by atoms with Gasteiger partial charge in [0.25, 0.3) is 0 Å². The van der Waals surface area contributed by atoms with Crippen LogP contribution in [0.4, 0.5) is 0 Å². The molecule has 0 spiro atoms. The molecule has 2 aromatic carbocycles. The minimum Gasteiger partial charge on any atom is -0.497 e. The predicted molar refractivity (Wildman–Crippen MR) is 92.5 cm³/mol. The molecule has 1 N–H and O–H groups in total. The third kappa shape index (κ3) is 2.76. The lowest BCUT2D eigenvalue weighted by atomic mass is 10.0. The van der Waals surface area contributed by atoms with Gasteiger partial charge in [0.05, 0.1) is 19.4 Å². The van der Waals surface area contributed by atoms with E-state index in [0.29, 0.717) is 27.9 Å². The number of H-pyrrole nitrogens is 1. The second kappa shape index (κ2) is 6.58. The summed E-state index contributed by atoms with van der Waals surface area (Å²) < 4.78 is 10.2. The highest BCUT2D eigenvalue weighted by molar-refractivity contribution is 6.00. The molecule has 0 bridgehead atoms. The zero-order valence-corrected chi connectivity index (χ0v) is 13.5. The molecule has 0 radical (unpaired) electrons. The molecule has 0 unspecified atom stereocenters. The predicted octanol–water partition coefficient (Wildman–Crippen LogP) is 3.38. The summed E-state index contributed by atoms with van der Waals surface area (Å²) in [5.74, 6) is 0.0647. The summed E-state index contributed by atoms with van der Waals surface area (Å²) in [5, 5.41) is 0.456. The topological polar surface area (TPSA) is 68.4 Å². The molecule has 1 aromatic heterocycles. The number of para-hydroxylation sites is 1. The maximum atomic E-state index is 12.8. The van der Waals surface area contributed by atoms with Gasteiger partial charge in [-0.3, -0.25) is 4.79 Å². The second-order valence-corrected chi connectivity index (χ2v) is 5.20. The number of esters is 1. The number of aromatic amines is 1. The van der Waals surface area contributed by atoms with Gasteiger partial charge in [-0.25, -0.2) is 4.79 Å². The summed E-state index contributed by atoms with van der Waals surface area (Å²) in [4.78, 5) is 28.4. The number of nitrogens with one attached hydrogen (secondary N) is 1. The van der Waals surface area contributed by atoms with Crippen molar-refractivity contribution in [2.75, 3.05) is 13.7 Å². The molecule has 3 rings (SSSR count). The molecule has 5 nitrogen and oxygen atoms in total. The average molecular weight is 323 g/mol. The first-order valence-electron chi connectivity index (χ1n) is 7.62. The van der Waals surface area contributed by atoms with Crippen LogP contribution in [0.3, 0.4) is 0 Å². The first kappa shape index (κ1) is 15.8. The van der Waals surface area contributed by atoms with Crippen LogP contribution in [0.2, 0.25) is 0 Å². The maximum absolute atomic E-state index is 12.8. The van der Waals surface area contributed by atoms with Gasteiger partial charge in [0.2, 0.25) is 5.43 Å². The van der Waals surface area contributed by atoms with Crippen LogP contribution in [0.5, 0.6) is 5.75 Å². The highest BCUT2D eigenvalue weighted by Gasteiger charge is 2.21. The largest absolute Gasteiger partial charge is 0.497 e. The smallest absolute Gasteiger partial charge is 0.344 e. The Kier molecular flexibility index (Phi) is 4.33. The van der Waals surface area contributed by atoms with Gasteiger partial charge in [-0.15, -0.1) is 0 Å². The molecule has 0 atom stereocenters. The first-order chi connectivity index (χ1) is 11.7. The molecule has 1 heterocycles. The highest BCUT2D eigenvalue weighted by atomic mass is 16.5. The molecular weight excluding hydrogens is 306 g/mol. The van der Waals surface area contributed by atoms with Crippen LogP contribution < -0.4 is 10.2 Å². The van der Waals surface area contributed by atoms with E-state index in [9.17, 15) is 9.59 Å². The third-order valence-electron chi connectivity index (χ3n) is 3.77. The number of rotatable bonds is 4. The summed E-state index contributed by atoms with van der Waals surface area (Å²) in [6.07, 6.45) is 0. The molecule has 0 aliphatic heterocycles. The number of benzene rings is 2. The van der Waals surface area contributed by atoms with Crippen LogP contribution in [0.15, 0.2) is 53.3 Å². The van der Waals surface area contributed by atoms with E-state index in [1.165, 1.54) is 0 Å². The van der Waals surface area contributed by atoms with E-state index >= 15 is 0 Å². The number of hydrogen-bond donors (Lipinski definition) is 1. The van der Waals surface area contributed by atoms with Crippen LogP contribution in [0.25, 0.3) is 22.2 Å². The minimum absolute atomic E-state index is 0.0146. The lowest BCUT2D eigenvalue weighted by Gasteiger charge is -2.11. The van der Waals surface area contributed by atoms with Gasteiger partial charge in [0, 0.05) is 10.9 Å². The number of methoxy groups -OCH3 is 1. The summed E-state index contributed by atoms with van der Waals surface area (Å²) >= 11 is 0. The number of carbonyl (C=O) groups excluding carboxylic acids is 1. The standard InChI is InChI=1S/C19H17NO4/c1-3-24-19(22)16-17(12-8-10-13(23-2)11-9-12)20-15-7-5-4-6-14(15)18(16)21/h4-11H,3H2,1-2H3,(H,20,21). The Morgan fingerprint density at radius 1 is 1.08 bits per heavy atom. The minimum atomic E-state index is -0.629. The zero-order chi connectivity index (χ0) is 17.1. The third-order valence-corrected chi connectivity index (χ3v) is 3.77. The number of fused-ring (bicyclic) bond motifs is 1. The van der Waals surface area contributed by atoms with Crippen LogP contribution in [0.1, 0.15) is 17.3 Å². The Morgan fingerprint density at radius 2 is 1.79 bits per heavy atom. The van der Waals surface area contributed by atoms with Crippen molar-refractivity contribution >= 4 is 16.9 Å². The van der Waals surface area contributed by atoms with Crippen molar-refractivity contribution in [1.29, 1.82) is 0 Å². The molecule has 0 aliphatic carbocycles. The van der Waals surface area contributed by atoms with Gasteiger partial charge in [0.1, 0.15) is 11.3 Å². The van der Waals surface area contributed by atoms with Crippen molar-refractivity contribution in [3.63, 3.8) is 0 Å². The molecule has 122 valence electrons. The quantitative estimate of drug-likeness (QED) is 0.747. The molecule has 0 saturated heterocycles. The fraction of sp³-hybridized carbons (Fsp3) is 0.158. The highest BCUT2D eigenvalue weighted by Crippen LogP contribution is 2.25. The lowest BCUT2D eigenvalue weighted by Crippen LogP contribution is -2.20. The SMILES string of the molecule is CCOC(=O)c1c(-c2ccc(OC)cc2)[nH]c2ccccc2c1=O. The van der Waals surface area contributed by atoms with E-state index in [2.05, 4.69) is 4.98 Å². The number of pyridine rings is 1. The monoisotopic (exact) mass is 323 g/mol. The first-order valence-corrected chi connectivity index (χ1v) is 7.62. The fourth-order valence-corrected chi connectivity index (χ4v) is 2.61. The maximum Gasteiger partial charge on any atom is 0.344 e. The number of aromatic nitrogens is 1. The lowest BCUT2D eigenvalue weighted by molar-refractivity contribution is 0.0525. The molecular formula is C19H17NO4. The van der Waals surface area contributed by atoms with E-state index in [-0.39, 0.29) is 17.6 Å². The summed E-state index contributed by atoms with van der Waals surface area (Å²) in [5.41, 5.74) is 1.50. The van der Waals surface area contributed by atoms with E-state index in [0.717, 1.165) is 0 Å². The van der Waals surface area contributed by atoms with Crippen LogP contribution in [-0.4, -0.2) is 24.7 Å². The second-order valence-electron chi connectivity index (χ2n) is 5.20. The number of carbonyl (C=O) groups is 1. The Balaban J connectivity index is 2.29. The van der Waals surface area contributed by atoms with Crippen molar-refractivity contribution in [2.24, 2.45) is 0 Å². The van der Waals surface area contributed by atoms with E-state index in [1.54, 1.807) is 56.5 Å². The van der Waals surface area contributed by atoms with Gasteiger partial charge >= 0.3 is 5.97 Å². The van der Waals surface area contributed by atoms with E-state index in [4.69, 9.17) is 9.47 Å². The van der Waals surface area contributed by atoms with Gasteiger partial charge in [-0.2, -0.15) is 0 Å². The van der Waals surface area contributed by atoms with Crippen LogP contribution >= 0.6 is 0 Å². The van der Waals surface area contributed by atoms with Gasteiger partial charge in [0.15, 0.2) is 0 Å². The van der Waals surface area contributed by atoms with E-state index in [1.807, 2.05) is 6.07 Å². The van der Waals surface area contributed by atoms with Crippen molar-refractivity contribution in [3.8, 4) is 17.0 Å². The van der Waals surface area contributed by atoms with Crippen molar-refractivity contribution in [1.82, 2.24) is 4.98 Å². The number of hydrogen-bond acceptors (Lipinski definition) is 4. The Morgan fingerprint density at radius 3 is 2.46 bits per heavy atom. The van der Waals surface area contributed by atoms with Crippen molar-refractivity contribution in [2.45, 2.75) is 6.92 Å². The molecule has 0 fully saturated rings. The fourth-order valence-electron chi connectivity index (χ4n) is 2.61. The molecule has 5 heteroatoms. The van der Waals surface area contributed by atoms with Gasteiger partial charge < -0.3 is 14.5 Å². The average Bonchev–Trinajstić information content (AvgIpc) is 2.62. The molecule has 0 saturated carbocycles. The Bertz CT molecular complexity index is 942. The summed E-state index contributed by atoms with van der Waals surface area (Å²) in [6, 6.07) is 14.2. The molecule has 3 aromatic rings. The Hall–Kier alpha value is -3.08. The molecule has 24 heavy (non-hydrogen) atoms. The Labute approximate surface area is 138 Å². The normalized spacial score (nSPS) is 10.6. The number of ether oxygens (including phenoxy) is 2. The summed E-state index contributed by atoms with van der Waals surface area (Å²) in [6.45, 7) is 1.91. The zero-order valence-electron chi connectivity index (χ0n) is 13.5. The van der Waals surface area contributed by atoms with E-state index < -0.39 is 5.97 Å². The molecule has 0 aliphatic rings. The van der Waals surface area contributed by atoms with Crippen molar-refractivity contribution in [3.05, 3.63) is 64.3 Å². The van der Waals surface area contributed by atoms with Crippen LogP contribution in [0, 0.1) is 0 Å². The summed E-state index contributed by atoms with van der Waals surface area (Å²) in [7, 11) is 1.58. The van der Waals surface area contributed by atoms with Gasteiger partial charge in [-0.1, -0.05) is 12.1 Å². The van der Waals surface area contributed by atoms with Gasteiger partial charge in [-0.05, 0) is 48.9 Å².